The number of rotatable bonds is 6. The van der Waals surface area contributed by atoms with Crippen molar-refractivity contribution in [2.45, 2.75) is 18.9 Å². The zero-order chi connectivity index (χ0) is 20.1. The molecule has 0 spiro atoms. The Labute approximate surface area is 166 Å². The Balaban J connectivity index is 1.62. The lowest BCUT2D eigenvalue weighted by atomic mass is 10.0. The predicted octanol–water partition coefficient (Wildman–Crippen LogP) is 4.40. The molecule has 1 heterocycles. The molecule has 28 heavy (non-hydrogen) atoms. The summed E-state index contributed by atoms with van der Waals surface area (Å²) in [6.07, 6.45) is 0. The fourth-order valence-corrected chi connectivity index (χ4v) is 3.32. The molecule has 1 amide bonds. The third-order valence-electron chi connectivity index (χ3n) is 4.02. The molecule has 0 radical (unpaired) electrons. The van der Waals surface area contributed by atoms with Crippen molar-refractivity contribution in [3.63, 3.8) is 0 Å². The van der Waals surface area contributed by atoms with E-state index in [1.54, 1.807) is 12.1 Å². The van der Waals surface area contributed by atoms with Gasteiger partial charge in [0.1, 0.15) is 10.7 Å². The number of benzene rings is 2. The molecule has 3 rings (SSSR count). The Morgan fingerprint density at radius 1 is 1.11 bits per heavy atom. The van der Waals surface area contributed by atoms with Gasteiger partial charge in [-0.2, -0.15) is 0 Å². The number of anilines is 1. The number of para-hydroxylation sites is 2. The van der Waals surface area contributed by atoms with E-state index in [1.807, 2.05) is 38.1 Å². The molecule has 0 saturated heterocycles. The SMILES string of the molecule is Cc1ccc(-c2ccc(SCC(=O)Nc3ccccc3[N+](=O)[O-])nn2)c(C)c1. The molecule has 8 heteroatoms. The van der Waals surface area contributed by atoms with Crippen LogP contribution in [0.25, 0.3) is 11.3 Å². The number of hydrogen-bond acceptors (Lipinski definition) is 6. The molecule has 3 aromatic rings. The highest BCUT2D eigenvalue weighted by atomic mass is 32.2. The average molecular weight is 394 g/mol. The van der Waals surface area contributed by atoms with Crippen molar-refractivity contribution in [3.05, 3.63) is 75.8 Å². The number of nitro benzene ring substituents is 1. The maximum absolute atomic E-state index is 12.1. The van der Waals surface area contributed by atoms with Gasteiger partial charge >= 0.3 is 0 Å². The second-order valence-corrected chi connectivity index (χ2v) is 7.18. The maximum Gasteiger partial charge on any atom is 0.292 e. The Morgan fingerprint density at radius 3 is 2.57 bits per heavy atom. The molecular formula is C20H18N4O3S. The molecule has 0 unspecified atom stereocenters. The van der Waals surface area contributed by atoms with Crippen LogP contribution in [0.2, 0.25) is 0 Å². The lowest BCUT2D eigenvalue weighted by Crippen LogP contribution is -2.15. The minimum Gasteiger partial charge on any atom is -0.320 e. The number of aryl methyl sites for hydroxylation is 2. The second kappa shape index (κ2) is 8.62. The molecule has 1 aromatic heterocycles. The smallest absolute Gasteiger partial charge is 0.292 e. The van der Waals surface area contributed by atoms with E-state index in [9.17, 15) is 14.9 Å². The summed E-state index contributed by atoms with van der Waals surface area (Å²) in [6, 6.07) is 15.8. The van der Waals surface area contributed by atoms with E-state index in [0.717, 1.165) is 16.8 Å². The summed E-state index contributed by atoms with van der Waals surface area (Å²) in [5.74, 6) is -0.275. The average Bonchev–Trinajstić information content (AvgIpc) is 2.67. The summed E-state index contributed by atoms with van der Waals surface area (Å²) in [7, 11) is 0. The van der Waals surface area contributed by atoms with Crippen LogP contribution in [0.15, 0.2) is 59.6 Å². The third-order valence-corrected chi connectivity index (χ3v) is 4.94. The van der Waals surface area contributed by atoms with Crippen molar-refractivity contribution in [1.82, 2.24) is 10.2 Å². The van der Waals surface area contributed by atoms with Crippen molar-refractivity contribution >= 4 is 29.0 Å². The number of carbonyl (C=O) groups is 1. The van der Waals surface area contributed by atoms with E-state index in [2.05, 4.69) is 21.6 Å². The van der Waals surface area contributed by atoms with Crippen LogP contribution in [0.5, 0.6) is 0 Å². The first-order valence-corrected chi connectivity index (χ1v) is 9.50. The second-order valence-electron chi connectivity index (χ2n) is 6.19. The normalized spacial score (nSPS) is 10.5. The van der Waals surface area contributed by atoms with E-state index in [4.69, 9.17) is 0 Å². The Hall–Kier alpha value is -3.26. The summed E-state index contributed by atoms with van der Waals surface area (Å²) in [4.78, 5) is 22.6. The van der Waals surface area contributed by atoms with Gasteiger partial charge in [0.05, 0.1) is 16.4 Å². The Kier molecular flexibility index (Phi) is 6.00. The number of hydrogen-bond donors (Lipinski definition) is 1. The monoisotopic (exact) mass is 394 g/mol. The number of nitro groups is 1. The van der Waals surface area contributed by atoms with Crippen molar-refractivity contribution < 1.29 is 9.72 Å². The van der Waals surface area contributed by atoms with Gasteiger partial charge in [0.2, 0.25) is 5.91 Å². The van der Waals surface area contributed by atoms with Crippen LogP contribution in [0.4, 0.5) is 11.4 Å². The lowest BCUT2D eigenvalue weighted by molar-refractivity contribution is -0.383. The van der Waals surface area contributed by atoms with E-state index in [-0.39, 0.29) is 23.0 Å². The molecule has 7 nitrogen and oxygen atoms in total. The van der Waals surface area contributed by atoms with Crippen LogP contribution in [0.1, 0.15) is 11.1 Å². The van der Waals surface area contributed by atoms with Crippen molar-refractivity contribution in [3.8, 4) is 11.3 Å². The van der Waals surface area contributed by atoms with Crippen molar-refractivity contribution in [2.24, 2.45) is 0 Å². The highest BCUT2D eigenvalue weighted by molar-refractivity contribution is 7.99. The highest BCUT2D eigenvalue weighted by Gasteiger charge is 2.15. The number of thioether (sulfide) groups is 1. The van der Waals surface area contributed by atoms with Crippen LogP contribution >= 0.6 is 11.8 Å². The summed E-state index contributed by atoms with van der Waals surface area (Å²) >= 11 is 1.22. The predicted molar refractivity (Wildman–Crippen MR) is 109 cm³/mol. The van der Waals surface area contributed by atoms with Gasteiger partial charge in [-0.05, 0) is 37.6 Å². The summed E-state index contributed by atoms with van der Waals surface area (Å²) in [5.41, 5.74) is 4.13. The quantitative estimate of drug-likeness (QED) is 0.378. The van der Waals surface area contributed by atoms with Gasteiger partial charge in [0.15, 0.2) is 0 Å². The lowest BCUT2D eigenvalue weighted by Gasteiger charge is -2.07. The molecule has 0 aliphatic rings. The van der Waals surface area contributed by atoms with Crippen LogP contribution in [0, 0.1) is 24.0 Å². The fraction of sp³-hybridized carbons (Fsp3) is 0.150. The van der Waals surface area contributed by atoms with Crippen molar-refractivity contribution in [1.29, 1.82) is 0 Å². The van der Waals surface area contributed by atoms with Crippen molar-refractivity contribution in [2.75, 3.05) is 11.1 Å². The van der Waals surface area contributed by atoms with Gasteiger partial charge < -0.3 is 5.32 Å². The summed E-state index contributed by atoms with van der Waals surface area (Å²) < 4.78 is 0. The molecule has 0 aliphatic carbocycles. The number of nitrogens with one attached hydrogen (secondary N) is 1. The van der Waals surface area contributed by atoms with Gasteiger partial charge in [-0.3, -0.25) is 14.9 Å². The molecule has 0 bridgehead atoms. The zero-order valence-corrected chi connectivity index (χ0v) is 16.2. The van der Waals surface area contributed by atoms with Gasteiger partial charge in [0, 0.05) is 11.6 Å². The highest BCUT2D eigenvalue weighted by Crippen LogP contribution is 2.25. The fourth-order valence-electron chi connectivity index (χ4n) is 2.71. The molecule has 0 atom stereocenters. The van der Waals surface area contributed by atoms with Crippen LogP contribution in [0.3, 0.4) is 0 Å². The number of aromatic nitrogens is 2. The minimum absolute atomic E-state index is 0.0731. The first kappa shape index (κ1) is 19.5. The Bertz CT molecular complexity index is 1020. The molecule has 0 fully saturated rings. The van der Waals surface area contributed by atoms with E-state index < -0.39 is 4.92 Å². The first-order valence-electron chi connectivity index (χ1n) is 8.51. The molecule has 2 aromatic carbocycles. The first-order chi connectivity index (χ1) is 13.4. The standard InChI is InChI=1S/C20H18N4O3S/c1-13-7-8-15(14(2)11-13)16-9-10-20(23-22-16)28-12-19(25)21-17-5-3-4-6-18(17)24(26)27/h3-11H,12H2,1-2H3,(H,21,25). The minimum atomic E-state index is -0.528. The molecule has 1 N–H and O–H groups in total. The van der Waals surface area contributed by atoms with Crippen LogP contribution < -0.4 is 5.32 Å². The number of nitrogens with zero attached hydrogens (tertiary/aromatic N) is 3. The topological polar surface area (TPSA) is 98.0 Å². The Morgan fingerprint density at radius 2 is 1.89 bits per heavy atom. The zero-order valence-electron chi connectivity index (χ0n) is 15.4. The third kappa shape index (κ3) is 4.72. The summed E-state index contributed by atoms with van der Waals surface area (Å²) in [5, 5.41) is 22.6. The molecular weight excluding hydrogens is 376 g/mol. The van der Waals surface area contributed by atoms with E-state index >= 15 is 0 Å². The molecule has 142 valence electrons. The number of amides is 1. The molecule has 0 aliphatic heterocycles. The van der Waals surface area contributed by atoms with Crippen LogP contribution in [-0.2, 0) is 4.79 Å². The number of carbonyl (C=O) groups excluding carboxylic acids is 1. The van der Waals surface area contributed by atoms with Gasteiger partial charge in [-0.1, -0.05) is 47.7 Å². The summed E-state index contributed by atoms with van der Waals surface area (Å²) in [6.45, 7) is 4.07. The maximum atomic E-state index is 12.1. The molecule has 0 saturated carbocycles. The van der Waals surface area contributed by atoms with E-state index in [1.165, 1.54) is 29.5 Å². The van der Waals surface area contributed by atoms with E-state index in [0.29, 0.717) is 5.03 Å². The van der Waals surface area contributed by atoms with Crippen LogP contribution in [-0.4, -0.2) is 26.8 Å². The van der Waals surface area contributed by atoms with Gasteiger partial charge in [0.25, 0.3) is 5.69 Å². The van der Waals surface area contributed by atoms with Gasteiger partial charge in [-0.15, -0.1) is 10.2 Å². The van der Waals surface area contributed by atoms with Gasteiger partial charge in [-0.25, -0.2) is 0 Å². The largest absolute Gasteiger partial charge is 0.320 e.